The lowest BCUT2D eigenvalue weighted by Crippen LogP contribution is -2.38. The summed E-state index contributed by atoms with van der Waals surface area (Å²) in [6.45, 7) is 8.08. The van der Waals surface area contributed by atoms with E-state index in [0.717, 1.165) is 66.2 Å². The molecule has 0 aliphatic heterocycles. The summed E-state index contributed by atoms with van der Waals surface area (Å²) >= 11 is 1.85. The third-order valence-electron chi connectivity index (χ3n) is 4.42. The lowest BCUT2D eigenvalue weighted by Gasteiger charge is -2.12. The SMILES string of the molecule is CCc1noc(CC)c1CN=C(NCCCSC)NCc1nnc(C)n1C. The van der Waals surface area contributed by atoms with E-state index in [1.165, 1.54) is 0 Å². The zero-order valence-corrected chi connectivity index (χ0v) is 17.8. The number of aromatic nitrogens is 4. The number of hydrogen-bond donors (Lipinski definition) is 2. The summed E-state index contributed by atoms with van der Waals surface area (Å²) in [6.07, 6.45) is 4.86. The Balaban J connectivity index is 2.07. The van der Waals surface area contributed by atoms with Gasteiger partial charge in [0.15, 0.2) is 11.8 Å². The van der Waals surface area contributed by atoms with E-state index in [0.29, 0.717) is 13.1 Å². The number of guanidine groups is 1. The molecule has 2 N–H and O–H groups in total. The van der Waals surface area contributed by atoms with E-state index in [-0.39, 0.29) is 0 Å². The molecule has 0 saturated heterocycles. The van der Waals surface area contributed by atoms with Gasteiger partial charge in [-0.2, -0.15) is 11.8 Å². The van der Waals surface area contributed by atoms with Crippen molar-refractivity contribution in [2.24, 2.45) is 12.0 Å². The second-order valence-corrected chi connectivity index (χ2v) is 7.24. The average molecular weight is 394 g/mol. The normalized spacial score (nSPS) is 11.8. The second kappa shape index (κ2) is 11.0. The maximum atomic E-state index is 5.44. The van der Waals surface area contributed by atoms with Crippen molar-refractivity contribution < 1.29 is 4.52 Å². The highest BCUT2D eigenvalue weighted by Gasteiger charge is 2.13. The smallest absolute Gasteiger partial charge is 0.191 e. The average Bonchev–Trinajstić information content (AvgIpc) is 3.23. The minimum atomic E-state index is 0.547. The molecule has 0 aliphatic carbocycles. The topological polar surface area (TPSA) is 93.2 Å². The first-order valence-electron chi connectivity index (χ1n) is 9.42. The van der Waals surface area contributed by atoms with E-state index < -0.39 is 0 Å². The highest BCUT2D eigenvalue weighted by molar-refractivity contribution is 7.98. The Morgan fingerprint density at radius 2 is 2.04 bits per heavy atom. The van der Waals surface area contributed by atoms with E-state index in [1.54, 1.807) is 0 Å². The van der Waals surface area contributed by atoms with Crippen LogP contribution in [-0.2, 0) is 33.0 Å². The van der Waals surface area contributed by atoms with Crippen LogP contribution in [0.1, 0.15) is 48.9 Å². The van der Waals surface area contributed by atoms with Crippen LogP contribution in [0.15, 0.2) is 9.52 Å². The van der Waals surface area contributed by atoms with Gasteiger partial charge in [-0.1, -0.05) is 19.0 Å². The van der Waals surface area contributed by atoms with E-state index in [4.69, 9.17) is 9.52 Å². The zero-order valence-electron chi connectivity index (χ0n) is 17.0. The fourth-order valence-corrected chi connectivity index (χ4v) is 3.07. The first kappa shape index (κ1) is 21.3. The number of aliphatic imine (C=N–C) groups is 1. The third-order valence-corrected chi connectivity index (χ3v) is 5.11. The van der Waals surface area contributed by atoms with Crippen molar-refractivity contribution in [2.75, 3.05) is 18.6 Å². The molecule has 0 amide bonds. The number of nitrogens with zero attached hydrogens (tertiary/aromatic N) is 5. The molecule has 0 radical (unpaired) electrons. The molecule has 0 bridgehead atoms. The lowest BCUT2D eigenvalue weighted by atomic mass is 10.1. The van der Waals surface area contributed by atoms with Crippen LogP contribution in [0.25, 0.3) is 0 Å². The van der Waals surface area contributed by atoms with Crippen LogP contribution in [-0.4, -0.2) is 44.4 Å². The first-order chi connectivity index (χ1) is 13.1. The zero-order chi connectivity index (χ0) is 19.6. The molecule has 8 nitrogen and oxygen atoms in total. The number of hydrogen-bond acceptors (Lipinski definition) is 6. The number of rotatable bonds is 10. The number of nitrogens with one attached hydrogen (secondary N) is 2. The Morgan fingerprint density at radius 3 is 2.67 bits per heavy atom. The summed E-state index contributed by atoms with van der Waals surface area (Å²) < 4.78 is 7.42. The van der Waals surface area contributed by atoms with Crippen LogP contribution in [0, 0.1) is 6.92 Å². The third kappa shape index (κ3) is 5.98. The molecule has 9 heteroatoms. The summed E-state index contributed by atoms with van der Waals surface area (Å²) in [5.74, 6) is 4.57. The van der Waals surface area contributed by atoms with Gasteiger partial charge in [0.05, 0.1) is 18.8 Å². The molecule has 150 valence electrons. The predicted molar refractivity (Wildman–Crippen MR) is 110 cm³/mol. The van der Waals surface area contributed by atoms with Crippen LogP contribution in [0.4, 0.5) is 0 Å². The molecule has 0 unspecified atom stereocenters. The molecule has 0 saturated carbocycles. The highest BCUT2D eigenvalue weighted by Crippen LogP contribution is 2.16. The molecule has 0 aliphatic rings. The van der Waals surface area contributed by atoms with Gasteiger partial charge in [-0.05, 0) is 31.8 Å². The van der Waals surface area contributed by atoms with E-state index in [2.05, 4.69) is 46.1 Å². The molecule has 2 aromatic rings. The molecular formula is C18H31N7OS. The maximum absolute atomic E-state index is 5.44. The summed E-state index contributed by atoms with van der Waals surface area (Å²) in [4.78, 5) is 4.76. The van der Waals surface area contributed by atoms with Crippen LogP contribution in [0.3, 0.4) is 0 Å². The molecule has 2 aromatic heterocycles. The van der Waals surface area contributed by atoms with Crippen LogP contribution in [0.5, 0.6) is 0 Å². The summed E-state index contributed by atoms with van der Waals surface area (Å²) in [6, 6.07) is 0. The van der Waals surface area contributed by atoms with Gasteiger partial charge in [-0.15, -0.1) is 10.2 Å². The number of thioether (sulfide) groups is 1. The highest BCUT2D eigenvalue weighted by atomic mass is 32.2. The van der Waals surface area contributed by atoms with Crippen molar-refractivity contribution >= 4 is 17.7 Å². The maximum Gasteiger partial charge on any atom is 0.191 e. The molecule has 0 aromatic carbocycles. The molecule has 0 fully saturated rings. The van der Waals surface area contributed by atoms with Gasteiger partial charge in [-0.3, -0.25) is 0 Å². The van der Waals surface area contributed by atoms with Crippen molar-refractivity contribution in [2.45, 2.75) is 53.1 Å². The Labute approximate surface area is 165 Å². The Morgan fingerprint density at radius 1 is 1.22 bits per heavy atom. The van der Waals surface area contributed by atoms with Gasteiger partial charge in [0.1, 0.15) is 11.6 Å². The van der Waals surface area contributed by atoms with Gasteiger partial charge < -0.3 is 19.7 Å². The molecular weight excluding hydrogens is 362 g/mol. The van der Waals surface area contributed by atoms with E-state index >= 15 is 0 Å². The first-order valence-corrected chi connectivity index (χ1v) is 10.8. The number of aryl methyl sites for hydroxylation is 3. The predicted octanol–water partition coefficient (Wildman–Crippen LogP) is 2.22. The van der Waals surface area contributed by atoms with Crippen molar-refractivity contribution in [1.29, 1.82) is 0 Å². The van der Waals surface area contributed by atoms with E-state index in [9.17, 15) is 0 Å². The van der Waals surface area contributed by atoms with E-state index in [1.807, 2.05) is 30.3 Å². The van der Waals surface area contributed by atoms with Crippen LogP contribution >= 0.6 is 11.8 Å². The van der Waals surface area contributed by atoms with Crippen molar-refractivity contribution in [1.82, 2.24) is 30.6 Å². The molecule has 27 heavy (non-hydrogen) atoms. The lowest BCUT2D eigenvalue weighted by molar-refractivity contribution is 0.380. The van der Waals surface area contributed by atoms with Crippen molar-refractivity contribution in [3.8, 4) is 0 Å². The van der Waals surface area contributed by atoms with Gasteiger partial charge >= 0.3 is 0 Å². The molecule has 2 rings (SSSR count). The Kier molecular flexibility index (Phi) is 8.63. The summed E-state index contributed by atoms with van der Waals surface area (Å²) in [5, 5.41) is 19.2. The van der Waals surface area contributed by atoms with Gasteiger partial charge in [0, 0.05) is 25.6 Å². The summed E-state index contributed by atoms with van der Waals surface area (Å²) in [7, 11) is 1.97. The van der Waals surface area contributed by atoms with Gasteiger partial charge in [0.2, 0.25) is 0 Å². The van der Waals surface area contributed by atoms with Gasteiger partial charge in [0.25, 0.3) is 0 Å². The molecule has 0 spiro atoms. The minimum Gasteiger partial charge on any atom is -0.361 e. The quantitative estimate of drug-likeness (QED) is 0.363. The van der Waals surface area contributed by atoms with Crippen LogP contribution in [0.2, 0.25) is 0 Å². The second-order valence-electron chi connectivity index (χ2n) is 6.25. The molecule has 0 atom stereocenters. The van der Waals surface area contributed by atoms with Crippen molar-refractivity contribution in [3.05, 3.63) is 28.7 Å². The monoisotopic (exact) mass is 393 g/mol. The van der Waals surface area contributed by atoms with Crippen molar-refractivity contribution in [3.63, 3.8) is 0 Å². The standard InChI is InChI=1S/C18H31N7OS/c1-6-15-14(16(7-2)26-24-15)11-20-18(19-9-8-10-27-5)21-12-17-23-22-13(3)25(17)4/h6-12H2,1-5H3,(H2,19,20,21). The van der Waals surface area contributed by atoms with Gasteiger partial charge in [-0.25, -0.2) is 4.99 Å². The van der Waals surface area contributed by atoms with Crippen LogP contribution < -0.4 is 10.6 Å². The summed E-state index contributed by atoms with van der Waals surface area (Å²) in [5.41, 5.74) is 2.08. The Hall–Kier alpha value is -2.03. The fraction of sp³-hybridized carbons (Fsp3) is 0.667. The minimum absolute atomic E-state index is 0.547. The fourth-order valence-electron chi connectivity index (χ4n) is 2.64. The Bertz CT molecular complexity index is 717. The largest absolute Gasteiger partial charge is 0.361 e. The molecule has 2 heterocycles.